The summed E-state index contributed by atoms with van der Waals surface area (Å²) in [6, 6.07) is 4.19. The maximum atomic E-state index is 5.25. The summed E-state index contributed by atoms with van der Waals surface area (Å²) in [5, 5.41) is 13.6. The van der Waals surface area contributed by atoms with Crippen LogP contribution in [0.15, 0.2) is 39.9 Å². The van der Waals surface area contributed by atoms with E-state index in [-0.39, 0.29) is 10.8 Å². The zero-order chi connectivity index (χ0) is 20.6. The molecule has 4 aromatic rings. The van der Waals surface area contributed by atoms with E-state index in [0.29, 0.717) is 5.89 Å². The van der Waals surface area contributed by atoms with Crippen molar-refractivity contribution in [2.75, 3.05) is 0 Å². The predicted octanol–water partition coefficient (Wildman–Crippen LogP) is 5.53. The van der Waals surface area contributed by atoms with Gasteiger partial charge in [0.15, 0.2) is 5.01 Å². The molecule has 4 aromatic heterocycles. The molecule has 6 nitrogen and oxygen atoms in total. The highest BCUT2D eigenvalue weighted by molar-refractivity contribution is 7.13. The first-order valence-electron chi connectivity index (χ1n) is 9.36. The lowest BCUT2D eigenvalue weighted by Crippen LogP contribution is -2.21. The highest BCUT2D eigenvalue weighted by Gasteiger charge is 2.26. The Kier molecular flexibility index (Phi) is 5.08. The molecule has 0 aromatic carbocycles. The fourth-order valence-electron chi connectivity index (χ4n) is 2.94. The van der Waals surface area contributed by atoms with Crippen molar-refractivity contribution in [3.8, 4) is 21.6 Å². The fourth-order valence-corrected chi connectivity index (χ4v) is 4.90. The number of rotatable bonds is 5. The number of thiazole rings is 2. The number of hydrogen-bond donors (Lipinski definition) is 0. The van der Waals surface area contributed by atoms with E-state index < -0.39 is 0 Å². The Morgan fingerprint density at radius 3 is 2.28 bits per heavy atom. The second-order valence-corrected chi connectivity index (χ2v) is 10.4. The van der Waals surface area contributed by atoms with Gasteiger partial charge in [-0.05, 0) is 18.1 Å². The highest BCUT2D eigenvalue weighted by Crippen LogP contribution is 2.33. The molecular weight excluding hydrogens is 402 g/mol. The molecule has 0 fully saturated rings. The minimum absolute atomic E-state index is 0.0479. The van der Waals surface area contributed by atoms with Crippen molar-refractivity contribution in [3.63, 3.8) is 0 Å². The summed E-state index contributed by atoms with van der Waals surface area (Å²) in [7, 11) is 0. The first-order valence-corrected chi connectivity index (χ1v) is 11.1. The van der Waals surface area contributed by atoms with Gasteiger partial charge in [-0.3, -0.25) is 4.98 Å². The van der Waals surface area contributed by atoms with E-state index in [2.05, 4.69) is 72.7 Å². The van der Waals surface area contributed by atoms with Crippen LogP contribution in [0.4, 0.5) is 0 Å². The molecule has 150 valence electrons. The molecule has 8 heteroatoms. The summed E-state index contributed by atoms with van der Waals surface area (Å²) >= 11 is 3.16. The largest absolute Gasteiger partial charge is 0.422 e. The second kappa shape index (κ2) is 7.42. The van der Waals surface area contributed by atoms with Gasteiger partial charge in [0.2, 0.25) is 6.39 Å². The molecule has 0 unspecified atom stereocenters. The number of hydrogen-bond acceptors (Lipinski definition) is 8. The Balaban J connectivity index is 1.50. The third-order valence-electron chi connectivity index (χ3n) is 4.70. The van der Waals surface area contributed by atoms with Gasteiger partial charge >= 0.3 is 0 Å². The van der Waals surface area contributed by atoms with E-state index in [9.17, 15) is 0 Å². The Hall–Kier alpha value is -2.45. The van der Waals surface area contributed by atoms with Gasteiger partial charge in [-0.2, -0.15) is 0 Å². The standard InChI is InChI=1S/C21H23N5OS2/c1-20(2,3)15-10-28-18(24-15)14-7-6-13(9-22-14)8-21(4,5)16-11-29-19(25-16)17-26-23-12-27-17/h6-7,9-12H,8H2,1-5H3. The molecule has 0 saturated carbocycles. The van der Waals surface area contributed by atoms with E-state index in [4.69, 9.17) is 14.4 Å². The maximum Gasteiger partial charge on any atom is 0.276 e. The predicted molar refractivity (Wildman–Crippen MR) is 116 cm³/mol. The summed E-state index contributed by atoms with van der Waals surface area (Å²) in [6.07, 6.45) is 4.10. The van der Waals surface area contributed by atoms with Crippen LogP contribution in [0.25, 0.3) is 21.6 Å². The van der Waals surface area contributed by atoms with Crippen molar-refractivity contribution in [1.82, 2.24) is 25.1 Å². The van der Waals surface area contributed by atoms with E-state index in [1.54, 1.807) is 11.3 Å². The topological polar surface area (TPSA) is 77.6 Å². The maximum absolute atomic E-state index is 5.25. The molecule has 0 amide bonds. The quantitative estimate of drug-likeness (QED) is 0.418. The normalized spacial score (nSPS) is 12.4. The zero-order valence-electron chi connectivity index (χ0n) is 17.1. The molecule has 0 saturated heterocycles. The molecular formula is C21H23N5OS2. The minimum Gasteiger partial charge on any atom is -0.422 e. The second-order valence-electron chi connectivity index (χ2n) is 8.68. The minimum atomic E-state index is -0.140. The Labute approximate surface area is 178 Å². The van der Waals surface area contributed by atoms with Gasteiger partial charge in [0, 0.05) is 27.8 Å². The molecule has 0 radical (unpaired) electrons. The van der Waals surface area contributed by atoms with E-state index >= 15 is 0 Å². The SMILES string of the molecule is CC(C)(C)c1csc(-c2ccc(CC(C)(C)c3csc(-c4nnco4)n3)cn2)n1. The Morgan fingerprint density at radius 1 is 0.931 bits per heavy atom. The average molecular weight is 426 g/mol. The van der Waals surface area contributed by atoms with Crippen molar-refractivity contribution < 1.29 is 4.42 Å². The van der Waals surface area contributed by atoms with Crippen LogP contribution in [0.3, 0.4) is 0 Å². The smallest absolute Gasteiger partial charge is 0.276 e. The molecule has 0 N–H and O–H groups in total. The lowest BCUT2D eigenvalue weighted by Gasteiger charge is -2.22. The molecule has 29 heavy (non-hydrogen) atoms. The van der Waals surface area contributed by atoms with Gasteiger partial charge < -0.3 is 4.42 Å². The summed E-state index contributed by atoms with van der Waals surface area (Å²) in [5.74, 6) is 0.459. The average Bonchev–Trinajstić information content (AvgIpc) is 3.40. The van der Waals surface area contributed by atoms with Gasteiger partial charge in [-0.25, -0.2) is 9.97 Å². The van der Waals surface area contributed by atoms with Crippen molar-refractivity contribution in [2.45, 2.75) is 51.9 Å². The number of aromatic nitrogens is 5. The van der Waals surface area contributed by atoms with Crippen molar-refractivity contribution >= 4 is 22.7 Å². The summed E-state index contributed by atoms with van der Waals surface area (Å²) in [5.41, 5.74) is 4.10. The van der Waals surface area contributed by atoms with Crippen molar-refractivity contribution in [1.29, 1.82) is 0 Å². The van der Waals surface area contributed by atoms with E-state index in [1.165, 1.54) is 23.3 Å². The monoisotopic (exact) mass is 425 g/mol. The van der Waals surface area contributed by atoms with Gasteiger partial charge in [0.1, 0.15) is 5.01 Å². The van der Waals surface area contributed by atoms with Crippen LogP contribution in [0.1, 0.15) is 51.6 Å². The van der Waals surface area contributed by atoms with Crippen LogP contribution in [-0.4, -0.2) is 25.1 Å². The van der Waals surface area contributed by atoms with Gasteiger partial charge in [-0.15, -0.1) is 32.9 Å². The van der Waals surface area contributed by atoms with Gasteiger partial charge in [-0.1, -0.05) is 40.7 Å². The molecule has 0 aliphatic carbocycles. The molecule has 0 aliphatic heterocycles. The van der Waals surface area contributed by atoms with Crippen LogP contribution >= 0.6 is 22.7 Å². The molecule has 0 spiro atoms. The van der Waals surface area contributed by atoms with E-state index in [1.807, 2.05) is 6.20 Å². The summed E-state index contributed by atoms with van der Waals surface area (Å²) in [6.45, 7) is 10.9. The first kappa shape index (κ1) is 19.8. The highest BCUT2D eigenvalue weighted by atomic mass is 32.1. The fraction of sp³-hybridized carbons (Fsp3) is 0.381. The lowest BCUT2D eigenvalue weighted by atomic mass is 9.83. The first-order chi connectivity index (χ1) is 13.7. The molecule has 0 atom stereocenters. The molecule has 4 rings (SSSR count). The van der Waals surface area contributed by atoms with Crippen molar-refractivity contribution in [3.05, 3.63) is 52.4 Å². The van der Waals surface area contributed by atoms with Crippen LogP contribution in [0, 0.1) is 0 Å². The molecule has 4 heterocycles. The third kappa shape index (κ3) is 4.28. The van der Waals surface area contributed by atoms with Crippen LogP contribution in [-0.2, 0) is 17.3 Å². The lowest BCUT2D eigenvalue weighted by molar-refractivity contribution is 0.507. The zero-order valence-corrected chi connectivity index (χ0v) is 18.8. The third-order valence-corrected chi connectivity index (χ3v) is 6.40. The van der Waals surface area contributed by atoms with Gasteiger partial charge in [0.25, 0.3) is 5.89 Å². The van der Waals surface area contributed by atoms with Gasteiger partial charge in [0.05, 0.1) is 17.1 Å². The van der Waals surface area contributed by atoms with E-state index in [0.717, 1.165) is 33.5 Å². The molecule has 0 bridgehead atoms. The van der Waals surface area contributed by atoms with Crippen LogP contribution in [0.2, 0.25) is 0 Å². The van der Waals surface area contributed by atoms with Crippen molar-refractivity contribution in [2.24, 2.45) is 0 Å². The Bertz CT molecular complexity index is 1090. The number of nitrogens with zero attached hydrogens (tertiary/aromatic N) is 5. The Morgan fingerprint density at radius 2 is 1.66 bits per heavy atom. The van der Waals surface area contributed by atoms with Crippen LogP contribution < -0.4 is 0 Å². The molecule has 0 aliphatic rings. The number of pyridine rings is 1. The summed E-state index contributed by atoms with van der Waals surface area (Å²) in [4.78, 5) is 14.1. The summed E-state index contributed by atoms with van der Waals surface area (Å²) < 4.78 is 5.25. The van der Waals surface area contributed by atoms with Crippen LogP contribution in [0.5, 0.6) is 0 Å².